The van der Waals surface area contributed by atoms with Gasteiger partial charge in [-0.25, -0.2) is 0 Å². The first kappa shape index (κ1) is 11.7. The molecule has 0 unspecified atom stereocenters. The van der Waals surface area contributed by atoms with E-state index in [0.29, 0.717) is 6.04 Å². The molecule has 0 aromatic carbocycles. The summed E-state index contributed by atoms with van der Waals surface area (Å²) in [5.41, 5.74) is 1.08. The van der Waals surface area contributed by atoms with E-state index >= 15 is 0 Å². The zero-order valence-electron chi connectivity index (χ0n) is 9.85. The summed E-state index contributed by atoms with van der Waals surface area (Å²) in [6, 6.07) is 4.60. The molecule has 1 saturated heterocycles. The van der Waals surface area contributed by atoms with Crippen LogP contribution >= 0.6 is 11.8 Å². The largest absolute Gasteiger partial charge is 0.497 e. The molecule has 1 fully saturated rings. The number of aromatic nitrogens is 1. The maximum atomic E-state index is 5.20. The van der Waals surface area contributed by atoms with E-state index in [0.717, 1.165) is 18.0 Å². The first-order valence-corrected chi connectivity index (χ1v) is 6.72. The van der Waals surface area contributed by atoms with Crippen LogP contribution in [0.1, 0.15) is 12.1 Å². The topological polar surface area (TPSA) is 25.4 Å². The molecule has 1 aliphatic heterocycles. The molecule has 1 aromatic rings. The van der Waals surface area contributed by atoms with E-state index in [2.05, 4.69) is 16.9 Å². The second-order valence-corrected chi connectivity index (χ2v) is 5.27. The molecule has 0 spiro atoms. The second-order valence-electron chi connectivity index (χ2n) is 4.12. The fourth-order valence-electron chi connectivity index (χ4n) is 1.92. The monoisotopic (exact) mass is 238 g/mol. The van der Waals surface area contributed by atoms with Gasteiger partial charge in [-0.3, -0.25) is 9.88 Å². The molecule has 0 aliphatic carbocycles. The fourth-order valence-corrected chi connectivity index (χ4v) is 3.22. The first-order chi connectivity index (χ1) is 7.79. The average Bonchev–Trinajstić information content (AvgIpc) is 2.83. The summed E-state index contributed by atoms with van der Waals surface area (Å²) in [6.07, 6.45) is 3.11. The third kappa shape index (κ3) is 2.89. The smallest absolute Gasteiger partial charge is 0.122 e. The third-order valence-electron chi connectivity index (χ3n) is 2.96. The Morgan fingerprint density at radius 1 is 1.62 bits per heavy atom. The summed E-state index contributed by atoms with van der Waals surface area (Å²) >= 11 is 2.04. The van der Waals surface area contributed by atoms with Crippen LogP contribution in [0.3, 0.4) is 0 Å². The predicted molar refractivity (Wildman–Crippen MR) is 68.0 cm³/mol. The number of rotatable bonds is 4. The minimum Gasteiger partial charge on any atom is -0.497 e. The molecular formula is C12H18N2OS. The molecule has 2 rings (SSSR count). The lowest BCUT2D eigenvalue weighted by Gasteiger charge is -2.22. The molecular weight excluding hydrogens is 220 g/mol. The van der Waals surface area contributed by atoms with E-state index in [1.807, 2.05) is 30.1 Å². The normalized spacial score (nSPS) is 20.3. The van der Waals surface area contributed by atoms with Crippen molar-refractivity contribution in [1.82, 2.24) is 9.88 Å². The van der Waals surface area contributed by atoms with Crippen molar-refractivity contribution in [2.45, 2.75) is 19.0 Å². The highest BCUT2D eigenvalue weighted by atomic mass is 32.2. The van der Waals surface area contributed by atoms with Gasteiger partial charge in [-0.05, 0) is 25.3 Å². The van der Waals surface area contributed by atoms with Crippen LogP contribution in [0.25, 0.3) is 0 Å². The zero-order chi connectivity index (χ0) is 11.4. The lowest BCUT2D eigenvalue weighted by atomic mass is 10.2. The van der Waals surface area contributed by atoms with Crippen molar-refractivity contribution >= 4 is 11.8 Å². The number of methoxy groups -OCH3 is 1. The maximum Gasteiger partial charge on any atom is 0.122 e. The van der Waals surface area contributed by atoms with Gasteiger partial charge < -0.3 is 4.74 Å². The lowest BCUT2D eigenvalue weighted by Crippen LogP contribution is -2.31. The summed E-state index contributed by atoms with van der Waals surface area (Å²) in [5.74, 6) is 3.43. The van der Waals surface area contributed by atoms with Gasteiger partial charge in [-0.2, -0.15) is 11.8 Å². The maximum absolute atomic E-state index is 5.20. The zero-order valence-corrected chi connectivity index (χ0v) is 10.7. The van der Waals surface area contributed by atoms with E-state index in [-0.39, 0.29) is 0 Å². The lowest BCUT2D eigenvalue weighted by molar-refractivity contribution is 0.251. The summed E-state index contributed by atoms with van der Waals surface area (Å²) in [6.45, 7) is 0.905. The number of hydrogen-bond acceptors (Lipinski definition) is 4. The van der Waals surface area contributed by atoms with Crippen molar-refractivity contribution in [3.63, 3.8) is 0 Å². The van der Waals surface area contributed by atoms with E-state index in [4.69, 9.17) is 4.74 Å². The van der Waals surface area contributed by atoms with Crippen LogP contribution in [-0.4, -0.2) is 41.6 Å². The van der Waals surface area contributed by atoms with Gasteiger partial charge in [-0.15, -0.1) is 0 Å². The summed E-state index contributed by atoms with van der Waals surface area (Å²) in [4.78, 5) is 6.76. The van der Waals surface area contributed by atoms with Crippen LogP contribution in [0.2, 0.25) is 0 Å². The van der Waals surface area contributed by atoms with Crippen molar-refractivity contribution in [3.05, 3.63) is 24.0 Å². The van der Waals surface area contributed by atoms with Crippen LogP contribution in [-0.2, 0) is 6.54 Å². The Morgan fingerprint density at radius 3 is 3.19 bits per heavy atom. The number of nitrogens with zero attached hydrogens (tertiary/aromatic N) is 2. The Kier molecular flexibility index (Phi) is 4.07. The van der Waals surface area contributed by atoms with Crippen molar-refractivity contribution in [3.8, 4) is 5.75 Å². The average molecular weight is 238 g/mol. The second kappa shape index (κ2) is 5.55. The van der Waals surface area contributed by atoms with Crippen LogP contribution in [0.5, 0.6) is 5.75 Å². The Labute approximate surface area is 101 Å². The Morgan fingerprint density at radius 2 is 2.50 bits per heavy atom. The van der Waals surface area contributed by atoms with E-state index in [9.17, 15) is 0 Å². The first-order valence-electron chi connectivity index (χ1n) is 5.56. The van der Waals surface area contributed by atoms with Gasteiger partial charge in [0.15, 0.2) is 0 Å². The standard InChI is InChI=1S/C12H18N2OS/c1-14(11-4-6-16-9-11)8-10-7-12(15-2)3-5-13-10/h3,5,7,11H,4,6,8-9H2,1-2H3/t11-/m1/s1. The molecule has 4 heteroatoms. The molecule has 1 aliphatic rings. The molecule has 0 amide bonds. The number of thioether (sulfide) groups is 1. The third-order valence-corrected chi connectivity index (χ3v) is 4.11. The predicted octanol–water partition coefficient (Wildman–Crippen LogP) is 2.03. The summed E-state index contributed by atoms with van der Waals surface area (Å²) in [5, 5.41) is 0. The molecule has 1 aromatic heterocycles. The molecule has 2 heterocycles. The SMILES string of the molecule is COc1ccnc(CN(C)[C@@H]2CCSC2)c1. The minimum atomic E-state index is 0.706. The van der Waals surface area contributed by atoms with Gasteiger partial charge in [-0.1, -0.05) is 0 Å². The molecule has 0 radical (unpaired) electrons. The molecule has 0 N–H and O–H groups in total. The highest BCUT2D eigenvalue weighted by Crippen LogP contribution is 2.22. The van der Waals surface area contributed by atoms with Gasteiger partial charge >= 0.3 is 0 Å². The number of hydrogen-bond donors (Lipinski definition) is 0. The summed E-state index contributed by atoms with van der Waals surface area (Å²) in [7, 11) is 3.87. The Hall–Kier alpha value is -0.740. The van der Waals surface area contributed by atoms with Crippen molar-refractivity contribution in [2.75, 3.05) is 25.7 Å². The van der Waals surface area contributed by atoms with E-state index < -0.39 is 0 Å². The molecule has 16 heavy (non-hydrogen) atoms. The molecule has 3 nitrogen and oxygen atoms in total. The van der Waals surface area contributed by atoms with Gasteiger partial charge in [0.2, 0.25) is 0 Å². The van der Waals surface area contributed by atoms with Gasteiger partial charge in [0.05, 0.1) is 12.8 Å². The fraction of sp³-hybridized carbons (Fsp3) is 0.583. The van der Waals surface area contributed by atoms with Gasteiger partial charge in [0.1, 0.15) is 5.75 Å². The van der Waals surface area contributed by atoms with Crippen LogP contribution in [0.4, 0.5) is 0 Å². The van der Waals surface area contributed by atoms with Crippen molar-refractivity contribution in [2.24, 2.45) is 0 Å². The van der Waals surface area contributed by atoms with Crippen molar-refractivity contribution < 1.29 is 4.74 Å². The van der Waals surface area contributed by atoms with Crippen LogP contribution in [0, 0.1) is 0 Å². The Balaban J connectivity index is 1.96. The minimum absolute atomic E-state index is 0.706. The number of ether oxygens (including phenoxy) is 1. The quantitative estimate of drug-likeness (QED) is 0.801. The molecule has 1 atom stereocenters. The van der Waals surface area contributed by atoms with Crippen molar-refractivity contribution in [1.29, 1.82) is 0 Å². The highest BCUT2D eigenvalue weighted by molar-refractivity contribution is 7.99. The van der Waals surface area contributed by atoms with Gasteiger partial charge in [0, 0.05) is 30.6 Å². The molecule has 0 bridgehead atoms. The van der Waals surface area contributed by atoms with Gasteiger partial charge in [0.25, 0.3) is 0 Å². The molecule has 0 saturated carbocycles. The highest BCUT2D eigenvalue weighted by Gasteiger charge is 2.20. The Bertz CT molecular complexity index is 340. The van der Waals surface area contributed by atoms with E-state index in [1.165, 1.54) is 17.9 Å². The number of pyridine rings is 1. The summed E-state index contributed by atoms with van der Waals surface area (Å²) < 4.78 is 5.20. The van der Waals surface area contributed by atoms with E-state index in [1.54, 1.807) is 7.11 Å². The van der Waals surface area contributed by atoms with Crippen LogP contribution < -0.4 is 4.74 Å². The van der Waals surface area contributed by atoms with Crippen LogP contribution in [0.15, 0.2) is 18.3 Å². The molecule has 88 valence electrons.